The van der Waals surface area contributed by atoms with Crippen LogP contribution in [0, 0.1) is 11.3 Å². The summed E-state index contributed by atoms with van der Waals surface area (Å²) in [5.41, 5.74) is 0.509. The predicted molar refractivity (Wildman–Crippen MR) is 49.3 cm³/mol. The van der Waals surface area contributed by atoms with E-state index in [0.717, 1.165) is 6.42 Å². The van der Waals surface area contributed by atoms with Crippen molar-refractivity contribution in [3.63, 3.8) is 0 Å². The summed E-state index contributed by atoms with van der Waals surface area (Å²) < 4.78 is 4.94. The van der Waals surface area contributed by atoms with E-state index in [2.05, 4.69) is 6.58 Å². The molecule has 0 atom stereocenters. The Morgan fingerprint density at radius 3 is 2.67 bits per heavy atom. The van der Waals surface area contributed by atoms with Gasteiger partial charge in [0, 0.05) is 0 Å². The standard InChI is InChI=1S/C10H13NO/c1-4-6-7-9(8-11)10(5-2)12-3/h5-7H,2,4H2,1,3H3/b7-6-,10-9-. The number of allylic oxidation sites excluding steroid dienone is 4. The van der Waals surface area contributed by atoms with Gasteiger partial charge in [-0.15, -0.1) is 0 Å². The maximum atomic E-state index is 8.70. The van der Waals surface area contributed by atoms with Crippen molar-refractivity contribution in [2.45, 2.75) is 13.3 Å². The molecule has 0 spiro atoms. The van der Waals surface area contributed by atoms with Crippen LogP contribution in [0.15, 0.2) is 36.1 Å². The summed E-state index contributed by atoms with van der Waals surface area (Å²) in [6.07, 6.45) is 6.07. The number of nitrogens with zero attached hydrogens (tertiary/aromatic N) is 1. The van der Waals surface area contributed by atoms with Gasteiger partial charge in [-0.1, -0.05) is 19.6 Å². The molecule has 0 aromatic rings. The van der Waals surface area contributed by atoms with Crippen molar-refractivity contribution in [1.29, 1.82) is 5.26 Å². The Hall–Kier alpha value is -1.49. The second-order valence-electron chi connectivity index (χ2n) is 2.11. The van der Waals surface area contributed by atoms with Crippen LogP contribution in [-0.2, 0) is 4.74 Å². The highest BCUT2D eigenvalue weighted by molar-refractivity contribution is 5.39. The number of hydrogen-bond acceptors (Lipinski definition) is 2. The average Bonchev–Trinajstić information content (AvgIpc) is 2.12. The van der Waals surface area contributed by atoms with Crippen LogP contribution >= 0.6 is 0 Å². The predicted octanol–water partition coefficient (Wildman–Crippen LogP) is 2.56. The number of hydrogen-bond donors (Lipinski definition) is 0. The van der Waals surface area contributed by atoms with Gasteiger partial charge in [-0.3, -0.25) is 0 Å². The Bertz CT molecular complexity index is 243. The second kappa shape index (κ2) is 6.23. The summed E-state index contributed by atoms with van der Waals surface area (Å²) in [5, 5.41) is 8.70. The number of methoxy groups -OCH3 is 1. The first-order chi connectivity index (χ1) is 5.79. The molecule has 0 bridgehead atoms. The summed E-state index contributed by atoms with van der Waals surface area (Å²) >= 11 is 0. The van der Waals surface area contributed by atoms with Gasteiger partial charge in [0.05, 0.1) is 12.7 Å². The van der Waals surface area contributed by atoms with E-state index in [1.54, 1.807) is 6.08 Å². The van der Waals surface area contributed by atoms with Gasteiger partial charge in [0.1, 0.15) is 11.8 Å². The molecule has 0 N–H and O–H groups in total. The van der Waals surface area contributed by atoms with Gasteiger partial charge in [-0.25, -0.2) is 0 Å². The summed E-state index contributed by atoms with van der Waals surface area (Å²) in [5.74, 6) is 0.516. The molecule has 64 valence electrons. The molecule has 2 heteroatoms. The first kappa shape index (κ1) is 10.5. The van der Waals surface area contributed by atoms with E-state index in [4.69, 9.17) is 10.00 Å². The first-order valence-corrected chi connectivity index (χ1v) is 3.77. The Kier molecular flexibility index (Phi) is 5.46. The molecule has 12 heavy (non-hydrogen) atoms. The zero-order valence-corrected chi connectivity index (χ0v) is 7.50. The van der Waals surface area contributed by atoms with Crippen molar-refractivity contribution in [2.24, 2.45) is 0 Å². The molecule has 0 aromatic heterocycles. The fraction of sp³-hybridized carbons (Fsp3) is 0.300. The topological polar surface area (TPSA) is 33.0 Å². The molecule has 0 aromatic carbocycles. The quantitative estimate of drug-likeness (QED) is 0.362. The molecule has 0 heterocycles. The largest absolute Gasteiger partial charge is 0.495 e. The van der Waals surface area contributed by atoms with Crippen molar-refractivity contribution in [3.8, 4) is 6.07 Å². The average molecular weight is 163 g/mol. The zero-order chi connectivity index (χ0) is 9.40. The lowest BCUT2D eigenvalue weighted by Gasteiger charge is -1.99. The van der Waals surface area contributed by atoms with Crippen LogP contribution in [0.3, 0.4) is 0 Å². The van der Waals surface area contributed by atoms with Crippen LogP contribution in [0.5, 0.6) is 0 Å². The normalized spacial score (nSPS) is 12.1. The monoisotopic (exact) mass is 163 g/mol. The minimum atomic E-state index is 0.509. The molecule has 2 nitrogen and oxygen atoms in total. The van der Waals surface area contributed by atoms with Crippen LogP contribution in [0.4, 0.5) is 0 Å². The molecule has 0 aliphatic heterocycles. The smallest absolute Gasteiger partial charge is 0.136 e. The molecule has 0 aliphatic rings. The third-order valence-corrected chi connectivity index (χ3v) is 1.31. The van der Waals surface area contributed by atoms with E-state index in [-0.39, 0.29) is 0 Å². The number of rotatable bonds is 4. The van der Waals surface area contributed by atoms with Crippen LogP contribution in [0.25, 0.3) is 0 Å². The van der Waals surface area contributed by atoms with Gasteiger partial charge >= 0.3 is 0 Å². The van der Waals surface area contributed by atoms with Gasteiger partial charge in [-0.2, -0.15) is 5.26 Å². The maximum Gasteiger partial charge on any atom is 0.136 e. The van der Waals surface area contributed by atoms with Gasteiger partial charge in [0.15, 0.2) is 0 Å². The fourth-order valence-corrected chi connectivity index (χ4v) is 0.713. The van der Waals surface area contributed by atoms with Crippen molar-refractivity contribution in [1.82, 2.24) is 0 Å². The SMILES string of the molecule is C=C/C(OC)=C(C#N)\C=C/CC. The Balaban J connectivity index is 4.73. The van der Waals surface area contributed by atoms with Crippen molar-refractivity contribution >= 4 is 0 Å². The molecule has 0 fully saturated rings. The molecule has 0 rings (SSSR count). The van der Waals surface area contributed by atoms with E-state index in [0.29, 0.717) is 11.3 Å². The van der Waals surface area contributed by atoms with Crippen LogP contribution < -0.4 is 0 Å². The Labute approximate surface area is 73.5 Å². The van der Waals surface area contributed by atoms with Gasteiger partial charge in [0.2, 0.25) is 0 Å². The number of ether oxygens (including phenoxy) is 1. The fourth-order valence-electron chi connectivity index (χ4n) is 0.713. The molecule has 0 amide bonds. The summed E-state index contributed by atoms with van der Waals surface area (Å²) in [6.45, 7) is 5.55. The van der Waals surface area contributed by atoms with Gasteiger partial charge in [-0.05, 0) is 18.6 Å². The van der Waals surface area contributed by atoms with Gasteiger partial charge in [0.25, 0.3) is 0 Å². The summed E-state index contributed by atoms with van der Waals surface area (Å²) in [7, 11) is 1.52. The lowest BCUT2D eigenvalue weighted by atomic mass is 10.2. The summed E-state index contributed by atoms with van der Waals surface area (Å²) in [6, 6.07) is 2.04. The summed E-state index contributed by atoms with van der Waals surface area (Å²) in [4.78, 5) is 0. The lowest BCUT2D eigenvalue weighted by molar-refractivity contribution is 0.305. The van der Waals surface area contributed by atoms with Crippen LogP contribution in [-0.4, -0.2) is 7.11 Å². The molecule has 0 saturated heterocycles. The Morgan fingerprint density at radius 2 is 2.33 bits per heavy atom. The van der Waals surface area contributed by atoms with Crippen LogP contribution in [0.1, 0.15) is 13.3 Å². The van der Waals surface area contributed by atoms with Crippen molar-refractivity contribution in [3.05, 3.63) is 36.1 Å². The first-order valence-electron chi connectivity index (χ1n) is 3.77. The number of nitriles is 1. The minimum Gasteiger partial charge on any atom is -0.495 e. The molecular weight excluding hydrogens is 150 g/mol. The lowest BCUT2D eigenvalue weighted by Crippen LogP contribution is -1.86. The molecule has 0 aliphatic carbocycles. The maximum absolute atomic E-state index is 8.70. The van der Waals surface area contributed by atoms with Crippen molar-refractivity contribution in [2.75, 3.05) is 7.11 Å². The van der Waals surface area contributed by atoms with Crippen molar-refractivity contribution < 1.29 is 4.74 Å². The van der Waals surface area contributed by atoms with E-state index in [1.165, 1.54) is 13.2 Å². The minimum absolute atomic E-state index is 0.509. The highest BCUT2D eigenvalue weighted by Gasteiger charge is 1.97. The van der Waals surface area contributed by atoms with E-state index in [9.17, 15) is 0 Å². The zero-order valence-electron chi connectivity index (χ0n) is 7.50. The Morgan fingerprint density at radius 1 is 1.67 bits per heavy atom. The highest BCUT2D eigenvalue weighted by atomic mass is 16.5. The van der Waals surface area contributed by atoms with E-state index < -0.39 is 0 Å². The molecule has 0 radical (unpaired) electrons. The highest BCUT2D eigenvalue weighted by Crippen LogP contribution is 2.07. The van der Waals surface area contributed by atoms with Crippen LogP contribution in [0.2, 0.25) is 0 Å². The molecular formula is C10H13NO. The third kappa shape index (κ3) is 3.07. The molecule has 0 saturated carbocycles. The molecule has 0 unspecified atom stereocenters. The third-order valence-electron chi connectivity index (χ3n) is 1.31. The van der Waals surface area contributed by atoms with Gasteiger partial charge < -0.3 is 4.74 Å². The van der Waals surface area contributed by atoms with E-state index in [1.807, 2.05) is 19.1 Å². The second-order valence-corrected chi connectivity index (χ2v) is 2.11. The van der Waals surface area contributed by atoms with E-state index >= 15 is 0 Å².